The number of esters is 1. The molecule has 2 heterocycles. The van der Waals surface area contributed by atoms with E-state index in [0.717, 1.165) is 19.4 Å². The molecule has 0 radical (unpaired) electrons. The molecule has 2 fully saturated rings. The Hall–Kier alpha value is -1.40. The fraction of sp³-hybridized carbons (Fsp3) is 0.692. The Balaban J connectivity index is 1.67. The molecule has 104 valence electrons. The highest BCUT2D eigenvalue weighted by molar-refractivity contribution is 5.91. The van der Waals surface area contributed by atoms with Gasteiger partial charge in [0.2, 0.25) is 5.91 Å². The van der Waals surface area contributed by atoms with Crippen molar-refractivity contribution in [1.82, 2.24) is 10.6 Å². The number of nitrogens with one attached hydrogen (secondary N) is 2. The Bertz CT molecular complexity index is 442. The minimum absolute atomic E-state index is 0.0939. The molecule has 19 heavy (non-hydrogen) atoms. The third kappa shape index (κ3) is 2.15. The molecule has 3 aliphatic rings. The maximum absolute atomic E-state index is 12.1. The normalized spacial score (nSPS) is 36.3. The van der Waals surface area contributed by atoms with Gasteiger partial charge in [-0.05, 0) is 26.3 Å². The van der Waals surface area contributed by atoms with E-state index < -0.39 is 11.6 Å². The maximum Gasteiger partial charge on any atom is 0.333 e. The molecule has 1 spiro atoms. The van der Waals surface area contributed by atoms with Crippen molar-refractivity contribution in [3.63, 3.8) is 0 Å². The summed E-state index contributed by atoms with van der Waals surface area (Å²) in [6, 6.07) is -0.169. The van der Waals surface area contributed by atoms with Gasteiger partial charge in [0.25, 0.3) is 0 Å². The summed E-state index contributed by atoms with van der Waals surface area (Å²) in [6.45, 7) is 3.32. The van der Waals surface area contributed by atoms with Crippen LogP contribution in [0.4, 0.5) is 0 Å². The molecule has 2 unspecified atom stereocenters. The van der Waals surface area contributed by atoms with Crippen molar-refractivity contribution in [3.8, 4) is 0 Å². The van der Waals surface area contributed by atoms with Crippen molar-refractivity contribution in [2.75, 3.05) is 13.2 Å². The van der Waals surface area contributed by atoms with Gasteiger partial charge in [-0.25, -0.2) is 4.79 Å². The highest BCUT2D eigenvalue weighted by Crippen LogP contribution is 2.50. The SMILES string of the molecule is CCOC1CC12OC(=O)C=C2NC(=O)[C@@H]1CCCN1. The zero-order valence-electron chi connectivity index (χ0n) is 10.9. The number of amides is 1. The first-order valence-corrected chi connectivity index (χ1v) is 6.76. The molecule has 1 aliphatic carbocycles. The summed E-state index contributed by atoms with van der Waals surface area (Å²) < 4.78 is 10.8. The van der Waals surface area contributed by atoms with E-state index >= 15 is 0 Å². The van der Waals surface area contributed by atoms with Crippen LogP contribution in [0.2, 0.25) is 0 Å². The summed E-state index contributed by atoms with van der Waals surface area (Å²) in [5, 5.41) is 5.96. The third-order valence-corrected chi connectivity index (χ3v) is 3.85. The van der Waals surface area contributed by atoms with Crippen LogP contribution in [0.5, 0.6) is 0 Å². The smallest absolute Gasteiger partial charge is 0.333 e. The Kier molecular flexibility index (Phi) is 3.06. The lowest BCUT2D eigenvalue weighted by Crippen LogP contribution is -2.42. The molecule has 6 nitrogen and oxygen atoms in total. The van der Waals surface area contributed by atoms with Crippen LogP contribution in [0.15, 0.2) is 11.8 Å². The fourth-order valence-electron chi connectivity index (χ4n) is 2.78. The zero-order valence-corrected chi connectivity index (χ0v) is 10.9. The molecule has 3 rings (SSSR count). The van der Waals surface area contributed by atoms with Crippen molar-refractivity contribution < 1.29 is 19.1 Å². The van der Waals surface area contributed by atoms with Gasteiger partial charge < -0.3 is 20.1 Å². The predicted octanol–water partition coefficient (Wildman–Crippen LogP) is -0.157. The van der Waals surface area contributed by atoms with Crippen LogP contribution in [0.1, 0.15) is 26.2 Å². The Morgan fingerprint density at radius 1 is 1.68 bits per heavy atom. The van der Waals surface area contributed by atoms with Crippen LogP contribution in [-0.4, -0.2) is 42.8 Å². The highest BCUT2D eigenvalue weighted by Gasteiger charge is 2.65. The first-order valence-electron chi connectivity index (χ1n) is 6.76. The molecule has 0 aromatic heterocycles. The van der Waals surface area contributed by atoms with Crippen LogP contribution in [0.3, 0.4) is 0 Å². The van der Waals surface area contributed by atoms with E-state index in [1.807, 2.05) is 6.92 Å². The Morgan fingerprint density at radius 2 is 2.53 bits per heavy atom. The summed E-state index contributed by atoms with van der Waals surface area (Å²) in [4.78, 5) is 23.5. The third-order valence-electron chi connectivity index (χ3n) is 3.85. The van der Waals surface area contributed by atoms with Crippen LogP contribution in [0, 0.1) is 0 Å². The largest absolute Gasteiger partial charge is 0.446 e. The standard InChI is InChI=1S/C13H18N2O4/c1-2-18-10-7-13(10)9(6-11(16)19-13)15-12(17)8-4-3-5-14-8/h6,8,10,14H,2-5,7H2,1H3,(H,15,17)/t8-,10?,13?/m0/s1. The van der Waals surface area contributed by atoms with Gasteiger partial charge in [-0.2, -0.15) is 0 Å². The summed E-state index contributed by atoms with van der Waals surface area (Å²) in [6.07, 6.45) is 3.68. The minimum atomic E-state index is -0.735. The van der Waals surface area contributed by atoms with Crippen molar-refractivity contribution in [2.45, 2.75) is 43.9 Å². The molecule has 0 aromatic rings. The first kappa shape index (κ1) is 12.6. The summed E-state index contributed by atoms with van der Waals surface area (Å²) in [7, 11) is 0. The van der Waals surface area contributed by atoms with Crippen molar-refractivity contribution in [1.29, 1.82) is 0 Å². The molecule has 6 heteroatoms. The average molecular weight is 266 g/mol. The number of rotatable bonds is 4. The van der Waals surface area contributed by atoms with E-state index in [2.05, 4.69) is 10.6 Å². The van der Waals surface area contributed by atoms with Crippen molar-refractivity contribution in [3.05, 3.63) is 11.8 Å². The first-order chi connectivity index (χ1) is 9.15. The topological polar surface area (TPSA) is 76.7 Å². The highest BCUT2D eigenvalue weighted by atomic mass is 16.6. The lowest BCUT2D eigenvalue weighted by atomic mass is 10.2. The molecular weight excluding hydrogens is 248 g/mol. The van der Waals surface area contributed by atoms with Gasteiger partial charge in [0.15, 0.2) is 5.60 Å². The molecule has 2 aliphatic heterocycles. The second kappa shape index (κ2) is 4.61. The van der Waals surface area contributed by atoms with Gasteiger partial charge in [0, 0.05) is 19.1 Å². The van der Waals surface area contributed by atoms with Crippen LogP contribution >= 0.6 is 0 Å². The number of ether oxygens (including phenoxy) is 2. The van der Waals surface area contributed by atoms with Gasteiger partial charge in [-0.1, -0.05) is 0 Å². The van der Waals surface area contributed by atoms with Gasteiger partial charge in [0.05, 0.1) is 11.7 Å². The molecule has 1 amide bonds. The number of carbonyl (C=O) groups excluding carboxylic acids is 2. The number of hydrogen-bond acceptors (Lipinski definition) is 5. The minimum Gasteiger partial charge on any atom is -0.446 e. The molecule has 0 aromatic carbocycles. The number of hydrogen-bond donors (Lipinski definition) is 2. The molecule has 2 N–H and O–H groups in total. The summed E-state index contributed by atoms with van der Waals surface area (Å²) in [5.74, 6) is -0.500. The average Bonchev–Trinajstić information content (AvgIpc) is 2.79. The van der Waals surface area contributed by atoms with E-state index in [1.54, 1.807) is 0 Å². The van der Waals surface area contributed by atoms with E-state index in [9.17, 15) is 9.59 Å². The van der Waals surface area contributed by atoms with E-state index in [0.29, 0.717) is 18.7 Å². The van der Waals surface area contributed by atoms with Crippen LogP contribution in [-0.2, 0) is 19.1 Å². The zero-order chi connectivity index (χ0) is 13.5. The van der Waals surface area contributed by atoms with Crippen LogP contribution < -0.4 is 10.6 Å². The molecule has 3 atom stereocenters. The van der Waals surface area contributed by atoms with E-state index in [4.69, 9.17) is 9.47 Å². The predicted molar refractivity (Wildman–Crippen MR) is 66.1 cm³/mol. The lowest BCUT2D eigenvalue weighted by Gasteiger charge is -2.17. The lowest BCUT2D eigenvalue weighted by molar-refractivity contribution is -0.142. The quantitative estimate of drug-likeness (QED) is 0.692. The summed E-state index contributed by atoms with van der Waals surface area (Å²) in [5.41, 5.74) is -0.184. The summed E-state index contributed by atoms with van der Waals surface area (Å²) >= 11 is 0. The molecular formula is C13H18N2O4. The Labute approximate surface area is 111 Å². The fourth-order valence-corrected chi connectivity index (χ4v) is 2.78. The Morgan fingerprint density at radius 3 is 3.21 bits per heavy atom. The van der Waals surface area contributed by atoms with Gasteiger partial charge >= 0.3 is 5.97 Å². The molecule has 0 bridgehead atoms. The van der Waals surface area contributed by atoms with Gasteiger partial charge in [-0.3, -0.25) is 4.79 Å². The van der Waals surface area contributed by atoms with E-state index in [-0.39, 0.29) is 18.1 Å². The molecule has 1 saturated carbocycles. The van der Waals surface area contributed by atoms with E-state index in [1.165, 1.54) is 6.08 Å². The monoisotopic (exact) mass is 266 g/mol. The maximum atomic E-state index is 12.1. The van der Waals surface area contributed by atoms with Crippen molar-refractivity contribution in [2.24, 2.45) is 0 Å². The number of carbonyl (C=O) groups is 2. The van der Waals surface area contributed by atoms with Gasteiger partial charge in [-0.15, -0.1) is 0 Å². The van der Waals surface area contributed by atoms with Crippen molar-refractivity contribution >= 4 is 11.9 Å². The second-order valence-corrected chi connectivity index (χ2v) is 5.15. The van der Waals surface area contributed by atoms with Gasteiger partial charge in [0.1, 0.15) is 6.10 Å². The van der Waals surface area contributed by atoms with Crippen LogP contribution in [0.25, 0.3) is 0 Å². The second-order valence-electron chi connectivity index (χ2n) is 5.15. The molecule has 1 saturated heterocycles.